The second-order valence-electron chi connectivity index (χ2n) is 4.98. The fraction of sp³-hybridized carbons (Fsp3) is 0.600. The van der Waals surface area contributed by atoms with Crippen molar-refractivity contribution in [1.29, 1.82) is 0 Å². The summed E-state index contributed by atoms with van der Waals surface area (Å²) >= 11 is 2.30. The van der Waals surface area contributed by atoms with Crippen LogP contribution in [0.5, 0.6) is 0 Å². The van der Waals surface area contributed by atoms with Crippen LogP contribution in [0.2, 0.25) is 0 Å². The summed E-state index contributed by atoms with van der Waals surface area (Å²) in [6.07, 6.45) is 4.77. The predicted molar refractivity (Wildman–Crippen MR) is 82.2 cm³/mol. The molecule has 0 amide bonds. The van der Waals surface area contributed by atoms with Gasteiger partial charge in [-0.2, -0.15) is 0 Å². The molecule has 4 heteroatoms. The third-order valence-corrected chi connectivity index (χ3v) is 4.43. The highest BCUT2D eigenvalue weighted by Crippen LogP contribution is 2.29. The molecule has 1 aromatic rings. The van der Waals surface area contributed by atoms with Gasteiger partial charge in [0.2, 0.25) is 0 Å². The number of methoxy groups -OCH3 is 1. The molecule has 3 atom stereocenters. The number of halogens is 2. The van der Waals surface area contributed by atoms with E-state index in [2.05, 4.69) is 22.6 Å². The quantitative estimate of drug-likeness (QED) is 0.563. The minimum atomic E-state index is -0.200. The third kappa shape index (κ3) is 4.39. The molecule has 1 saturated carbocycles. The van der Waals surface area contributed by atoms with E-state index in [1.54, 1.807) is 19.2 Å². The van der Waals surface area contributed by atoms with E-state index in [1.807, 2.05) is 6.07 Å². The number of hydrogen-bond donors (Lipinski definition) is 0. The molecule has 0 spiro atoms. The highest BCUT2D eigenvalue weighted by atomic mass is 127. The van der Waals surface area contributed by atoms with Gasteiger partial charge in [0.05, 0.1) is 18.3 Å². The van der Waals surface area contributed by atoms with Crippen molar-refractivity contribution in [3.63, 3.8) is 0 Å². The van der Waals surface area contributed by atoms with Gasteiger partial charge in [-0.05, 0) is 43.4 Å². The van der Waals surface area contributed by atoms with Crippen molar-refractivity contribution >= 4 is 22.6 Å². The molecular weight excluding hydrogens is 358 g/mol. The first kappa shape index (κ1) is 15.2. The first-order chi connectivity index (χ1) is 9.22. The maximum Gasteiger partial charge on any atom is 0.123 e. The minimum Gasteiger partial charge on any atom is -0.381 e. The van der Waals surface area contributed by atoms with Crippen molar-refractivity contribution in [2.45, 2.75) is 44.0 Å². The third-order valence-electron chi connectivity index (χ3n) is 3.63. The summed E-state index contributed by atoms with van der Waals surface area (Å²) in [6.45, 7) is 0. The highest BCUT2D eigenvalue weighted by molar-refractivity contribution is 14.1. The number of alkyl halides is 1. The maximum absolute atomic E-state index is 13.3. The molecule has 0 saturated heterocycles. The first-order valence-electron chi connectivity index (χ1n) is 6.72. The van der Waals surface area contributed by atoms with E-state index in [0.29, 0.717) is 6.10 Å². The van der Waals surface area contributed by atoms with Crippen LogP contribution in [0.15, 0.2) is 24.3 Å². The zero-order valence-electron chi connectivity index (χ0n) is 11.1. The van der Waals surface area contributed by atoms with E-state index in [0.717, 1.165) is 35.7 Å². The summed E-state index contributed by atoms with van der Waals surface area (Å²) in [6, 6.07) is 6.71. The van der Waals surface area contributed by atoms with Crippen LogP contribution < -0.4 is 0 Å². The summed E-state index contributed by atoms with van der Waals surface area (Å²) in [5.74, 6) is -0.200. The molecule has 2 nitrogen and oxygen atoms in total. The summed E-state index contributed by atoms with van der Waals surface area (Å²) in [5.41, 5.74) is 0.925. The van der Waals surface area contributed by atoms with Gasteiger partial charge in [0.15, 0.2) is 0 Å². The molecule has 19 heavy (non-hydrogen) atoms. The second kappa shape index (κ2) is 7.55. The van der Waals surface area contributed by atoms with E-state index < -0.39 is 0 Å². The van der Waals surface area contributed by atoms with Gasteiger partial charge in [0.1, 0.15) is 5.82 Å². The Morgan fingerprint density at radius 2 is 2.16 bits per heavy atom. The molecule has 0 heterocycles. The number of hydrogen-bond acceptors (Lipinski definition) is 2. The highest BCUT2D eigenvalue weighted by Gasteiger charge is 2.25. The van der Waals surface area contributed by atoms with Gasteiger partial charge in [-0.15, -0.1) is 0 Å². The largest absolute Gasteiger partial charge is 0.381 e. The van der Waals surface area contributed by atoms with Gasteiger partial charge in [-0.1, -0.05) is 34.7 Å². The molecule has 0 radical (unpaired) electrons. The monoisotopic (exact) mass is 378 g/mol. The van der Waals surface area contributed by atoms with E-state index in [9.17, 15) is 4.39 Å². The van der Waals surface area contributed by atoms with E-state index in [1.165, 1.54) is 6.07 Å². The zero-order chi connectivity index (χ0) is 13.7. The summed E-state index contributed by atoms with van der Waals surface area (Å²) < 4.78 is 25.7. The van der Waals surface area contributed by atoms with Crippen LogP contribution in [0.1, 0.15) is 37.4 Å². The summed E-state index contributed by atoms with van der Waals surface area (Å²) in [7, 11) is 1.76. The Bertz CT molecular complexity index is 399. The van der Waals surface area contributed by atoms with E-state index in [4.69, 9.17) is 9.47 Å². The van der Waals surface area contributed by atoms with Gasteiger partial charge in [0.25, 0.3) is 0 Å². The number of rotatable bonds is 5. The lowest BCUT2D eigenvalue weighted by Gasteiger charge is -2.31. The van der Waals surface area contributed by atoms with Crippen molar-refractivity contribution in [3.8, 4) is 0 Å². The Kier molecular flexibility index (Phi) is 6.04. The van der Waals surface area contributed by atoms with Crippen molar-refractivity contribution < 1.29 is 13.9 Å². The van der Waals surface area contributed by atoms with Crippen molar-refractivity contribution in [1.82, 2.24) is 0 Å². The van der Waals surface area contributed by atoms with Gasteiger partial charge >= 0.3 is 0 Å². The molecule has 1 aliphatic carbocycles. The number of benzene rings is 1. The van der Waals surface area contributed by atoms with Crippen molar-refractivity contribution in [2.24, 2.45) is 0 Å². The standard InChI is InChI=1S/C15H20FIO2/c1-18-13-6-3-7-14(9-13)19-15(10-17)11-4-2-5-12(16)8-11/h2,4-5,8,13-15H,3,6-7,9-10H2,1H3. The number of ether oxygens (including phenoxy) is 2. The van der Waals surface area contributed by atoms with E-state index >= 15 is 0 Å². The van der Waals surface area contributed by atoms with Gasteiger partial charge in [0, 0.05) is 11.5 Å². The molecule has 0 aliphatic heterocycles. The molecule has 106 valence electrons. The Hall–Kier alpha value is -0.200. The topological polar surface area (TPSA) is 18.5 Å². The second-order valence-corrected chi connectivity index (χ2v) is 5.86. The smallest absolute Gasteiger partial charge is 0.123 e. The van der Waals surface area contributed by atoms with Crippen LogP contribution in [0.25, 0.3) is 0 Å². The average Bonchev–Trinajstić information content (AvgIpc) is 2.45. The normalized spacial score (nSPS) is 25.2. The molecule has 0 bridgehead atoms. The van der Waals surface area contributed by atoms with Crippen molar-refractivity contribution in [3.05, 3.63) is 35.6 Å². The van der Waals surface area contributed by atoms with Crippen LogP contribution >= 0.6 is 22.6 Å². The first-order valence-corrected chi connectivity index (χ1v) is 8.25. The summed E-state index contributed by atoms with van der Waals surface area (Å²) in [5, 5.41) is 0. The lowest BCUT2D eigenvalue weighted by atomic mass is 9.94. The average molecular weight is 378 g/mol. The Morgan fingerprint density at radius 1 is 1.37 bits per heavy atom. The molecule has 1 fully saturated rings. The Balaban J connectivity index is 1.99. The van der Waals surface area contributed by atoms with Crippen LogP contribution in [0.3, 0.4) is 0 Å². The van der Waals surface area contributed by atoms with Crippen LogP contribution in [0, 0.1) is 5.82 Å². The van der Waals surface area contributed by atoms with Crippen molar-refractivity contribution in [2.75, 3.05) is 11.5 Å². The zero-order valence-corrected chi connectivity index (χ0v) is 13.3. The van der Waals surface area contributed by atoms with Gasteiger partial charge in [-0.25, -0.2) is 4.39 Å². The van der Waals surface area contributed by atoms with Gasteiger partial charge < -0.3 is 9.47 Å². The molecule has 3 unspecified atom stereocenters. The van der Waals surface area contributed by atoms with E-state index in [-0.39, 0.29) is 18.0 Å². The Labute approximate surface area is 127 Å². The molecular formula is C15H20FIO2. The fourth-order valence-electron chi connectivity index (χ4n) is 2.58. The molecule has 0 aromatic heterocycles. The van der Waals surface area contributed by atoms with Crippen LogP contribution in [-0.2, 0) is 9.47 Å². The molecule has 2 rings (SSSR count). The maximum atomic E-state index is 13.3. The summed E-state index contributed by atoms with van der Waals surface area (Å²) in [4.78, 5) is 0. The molecule has 1 aromatic carbocycles. The molecule has 1 aliphatic rings. The lowest BCUT2D eigenvalue weighted by Crippen LogP contribution is -2.29. The van der Waals surface area contributed by atoms with Gasteiger partial charge in [-0.3, -0.25) is 0 Å². The predicted octanol–water partition coefficient (Wildman–Crippen LogP) is 4.28. The minimum absolute atomic E-state index is 0.0306. The molecule has 0 N–H and O–H groups in total. The fourth-order valence-corrected chi connectivity index (χ4v) is 3.30. The van der Waals surface area contributed by atoms with Crippen LogP contribution in [-0.4, -0.2) is 23.7 Å². The van der Waals surface area contributed by atoms with Crippen LogP contribution in [0.4, 0.5) is 4.39 Å². The SMILES string of the molecule is COC1CCCC(OC(CI)c2cccc(F)c2)C1. The lowest BCUT2D eigenvalue weighted by molar-refractivity contribution is -0.0579. The Morgan fingerprint density at radius 3 is 2.84 bits per heavy atom.